The van der Waals surface area contributed by atoms with Crippen LogP contribution >= 0.6 is 0 Å². The number of phenolic OH excluding ortho intramolecular Hbond substituents is 1. The van der Waals surface area contributed by atoms with Crippen molar-refractivity contribution in [3.05, 3.63) is 27.8 Å². The molecule has 0 amide bonds. The van der Waals surface area contributed by atoms with Crippen LogP contribution in [0.3, 0.4) is 0 Å². The zero-order chi connectivity index (χ0) is 13.3. The first-order chi connectivity index (χ1) is 8.54. The van der Waals surface area contributed by atoms with Gasteiger partial charge in [-0.1, -0.05) is 0 Å². The third-order valence-corrected chi connectivity index (χ3v) is 3.45. The van der Waals surface area contributed by atoms with Crippen LogP contribution in [0.25, 0.3) is 0 Å². The van der Waals surface area contributed by atoms with Gasteiger partial charge in [0.2, 0.25) is 5.75 Å². The van der Waals surface area contributed by atoms with Crippen molar-refractivity contribution in [1.82, 2.24) is 5.32 Å². The summed E-state index contributed by atoms with van der Waals surface area (Å²) < 4.78 is 5.00. The number of hydrogen-bond acceptors (Lipinski definition) is 5. The van der Waals surface area contributed by atoms with Crippen molar-refractivity contribution in [2.45, 2.75) is 18.3 Å². The van der Waals surface area contributed by atoms with Gasteiger partial charge in [-0.25, -0.2) is 0 Å². The molecule has 1 saturated carbocycles. The van der Waals surface area contributed by atoms with Crippen LogP contribution in [0.5, 0.6) is 11.5 Å². The van der Waals surface area contributed by atoms with Crippen molar-refractivity contribution in [2.24, 2.45) is 0 Å². The monoisotopic (exact) mass is 252 g/mol. The highest BCUT2D eigenvalue weighted by molar-refractivity contribution is 5.59. The second kappa shape index (κ2) is 4.45. The summed E-state index contributed by atoms with van der Waals surface area (Å²) in [4.78, 5) is 10.3. The Labute approximate surface area is 105 Å². The molecule has 2 N–H and O–H groups in total. The molecule has 0 spiro atoms. The molecule has 6 heteroatoms. The summed E-state index contributed by atoms with van der Waals surface area (Å²) in [5.41, 5.74) is 0.491. The van der Waals surface area contributed by atoms with Crippen molar-refractivity contribution >= 4 is 5.69 Å². The minimum Gasteiger partial charge on any atom is -0.500 e. The SMILES string of the molecule is CNCC1(c2cc(OC)c(O)c([N+](=O)[O-])c2)CC1. The highest BCUT2D eigenvalue weighted by Gasteiger charge is 2.45. The minimum absolute atomic E-state index is 0.0551. The molecule has 6 nitrogen and oxygen atoms in total. The molecule has 0 atom stereocenters. The number of likely N-dealkylation sites (N-methyl/N-ethyl adjacent to an activating group) is 1. The standard InChI is InChI=1S/C12H16N2O4/c1-13-7-12(3-4-12)8-5-9(14(16)17)11(15)10(6-8)18-2/h5-6,13,15H,3-4,7H2,1-2H3. The zero-order valence-electron chi connectivity index (χ0n) is 10.4. The lowest BCUT2D eigenvalue weighted by Crippen LogP contribution is -2.23. The van der Waals surface area contributed by atoms with E-state index >= 15 is 0 Å². The molecule has 18 heavy (non-hydrogen) atoms. The third-order valence-electron chi connectivity index (χ3n) is 3.45. The summed E-state index contributed by atoms with van der Waals surface area (Å²) in [7, 11) is 3.24. The van der Waals surface area contributed by atoms with E-state index in [1.54, 1.807) is 6.07 Å². The lowest BCUT2D eigenvalue weighted by atomic mass is 9.95. The number of nitrogens with zero attached hydrogens (tertiary/aromatic N) is 1. The van der Waals surface area contributed by atoms with E-state index in [0.717, 1.165) is 24.9 Å². The Bertz CT molecular complexity index is 483. The number of ether oxygens (including phenoxy) is 1. The zero-order valence-corrected chi connectivity index (χ0v) is 10.4. The van der Waals surface area contributed by atoms with Crippen LogP contribution in [0.2, 0.25) is 0 Å². The first-order valence-corrected chi connectivity index (χ1v) is 5.74. The normalized spacial score (nSPS) is 16.3. The Morgan fingerprint density at radius 1 is 1.56 bits per heavy atom. The van der Waals surface area contributed by atoms with E-state index in [1.807, 2.05) is 7.05 Å². The fourth-order valence-corrected chi connectivity index (χ4v) is 2.25. The molecule has 1 aromatic carbocycles. The van der Waals surface area contributed by atoms with Crippen molar-refractivity contribution in [2.75, 3.05) is 20.7 Å². The van der Waals surface area contributed by atoms with E-state index in [-0.39, 0.29) is 16.9 Å². The molecule has 1 aliphatic rings. The Kier molecular flexibility index (Phi) is 3.13. The Morgan fingerprint density at radius 3 is 2.67 bits per heavy atom. The lowest BCUT2D eigenvalue weighted by Gasteiger charge is -2.16. The molecular formula is C12H16N2O4. The van der Waals surface area contributed by atoms with Crippen LogP contribution in [-0.2, 0) is 5.41 Å². The summed E-state index contributed by atoms with van der Waals surface area (Å²) >= 11 is 0. The third kappa shape index (κ3) is 1.99. The van der Waals surface area contributed by atoms with Gasteiger partial charge in [0.25, 0.3) is 0 Å². The number of methoxy groups -OCH3 is 1. The predicted octanol–water partition coefficient (Wildman–Crippen LogP) is 1.56. The van der Waals surface area contributed by atoms with Gasteiger partial charge in [0, 0.05) is 18.0 Å². The van der Waals surface area contributed by atoms with Gasteiger partial charge in [-0.3, -0.25) is 10.1 Å². The van der Waals surface area contributed by atoms with Crippen LogP contribution in [0.4, 0.5) is 5.69 Å². The smallest absolute Gasteiger partial charge is 0.314 e. The van der Waals surface area contributed by atoms with Gasteiger partial charge < -0.3 is 15.2 Å². The second-order valence-electron chi connectivity index (χ2n) is 4.61. The quantitative estimate of drug-likeness (QED) is 0.613. The molecule has 0 bridgehead atoms. The molecule has 0 saturated heterocycles. The number of phenols is 1. The molecule has 1 aromatic rings. The predicted molar refractivity (Wildman–Crippen MR) is 66.2 cm³/mol. The molecule has 98 valence electrons. The van der Waals surface area contributed by atoms with Gasteiger partial charge in [-0.05, 0) is 31.5 Å². The highest BCUT2D eigenvalue weighted by atomic mass is 16.6. The molecule has 0 radical (unpaired) electrons. The van der Waals surface area contributed by atoms with Gasteiger partial charge in [0.05, 0.1) is 12.0 Å². The second-order valence-corrected chi connectivity index (χ2v) is 4.61. The maximum atomic E-state index is 10.9. The van der Waals surface area contributed by atoms with Crippen LogP contribution in [-0.4, -0.2) is 30.7 Å². The first-order valence-electron chi connectivity index (χ1n) is 5.74. The summed E-state index contributed by atoms with van der Waals surface area (Å²) in [6.45, 7) is 0.762. The first kappa shape index (κ1) is 12.6. The number of nitro groups is 1. The number of nitrogens with one attached hydrogen (secondary N) is 1. The number of hydrogen-bond donors (Lipinski definition) is 2. The van der Waals surface area contributed by atoms with Gasteiger partial charge in [-0.15, -0.1) is 0 Å². The van der Waals surface area contributed by atoms with Crippen LogP contribution in [0.15, 0.2) is 12.1 Å². The molecule has 0 aromatic heterocycles. The van der Waals surface area contributed by atoms with Gasteiger partial charge in [0.15, 0.2) is 5.75 Å². The fraction of sp³-hybridized carbons (Fsp3) is 0.500. The number of nitro benzene ring substituents is 1. The summed E-state index contributed by atoms with van der Waals surface area (Å²) in [6.07, 6.45) is 1.97. The molecule has 0 heterocycles. The van der Waals surface area contributed by atoms with Crippen LogP contribution in [0.1, 0.15) is 18.4 Å². The largest absolute Gasteiger partial charge is 0.500 e. The summed E-state index contributed by atoms with van der Waals surface area (Å²) in [5.74, 6) is -0.256. The topological polar surface area (TPSA) is 84.6 Å². The van der Waals surface area contributed by atoms with E-state index in [0.29, 0.717) is 0 Å². The molecule has 1 aliphatic carbocycles. The molecule has 0 unspecified atom stereocenters. The molecule has 0 aliphatic heterocycles. The lowest BCUT2D eigenvalue weighted by molar-refractivity contribution is -0.386. The molecular weight excluding hydrogens is 236 g/mol. The van der Waals surface area contributed by atoms with Crippen LogP contribution in [0, 0.1) is 10.1 Å². The average molecular weight is 252 g/mol. The van der Waals surface area contributed by atoms with E-state index in [1.165, 1.54) is 13.2 Å². The summed E-state index contributed by atoms with van der Waals surface area (Å²) in [6, 6.07) is 3.13. The maximum Gasteiger partial charge on any atom is 0.314 e. The maximum absolute atomic E-state index is 10.9. The van der Waals surface area contributed by atoms with Gasteiger partial charge >= 0.3 is 5.69 Å². The highest BCUT2D eigenvalue weighted by Crippen LogP contribution is 2.51. The van der Waals surface area contributed by atoms with Gasteiger partial charge in [0.1, 0.15) is 0 Å². The molecule has 1 fully saturated rings. The Hall–Kier alpha value is -1.82. The van der Waals surface area contributed by atoms with Crippen molar-refractivity contribution in [3.63, 3.8) is 0 Å². The van der Waals surface area contributed by atoms with Crippen LogP contribution < -0.4 is 10.1 Å². The Morgan fingerprint density at radius 2 is 2.22 bits per heavy atom. The van der Waals surface area contributed by atoms with Crippen molar-refractivity contribution < 1.29 is 14.8 Å². The molecule has 2 rings (SSSR count). The van der Waals surface area contributed by atoms with E-state index in [4.69, 9.17) is 4.74 Å². The number of rotatable bonds is 5. The minimum atomic E-state index is -0.587. The van der Waals surface area contributed by atoms with E-state index < -0.39 is 10.7 Å². The van der Waals surface area contributed by atoms with Crippen molar-refractivity contribution in [1.29, 1.82) is 0 Å². The Balaban J connectivity index is 2.49. The number of benzene rings is 1. The van der Waals surface area contributed by atoms with Crippen molar-refractivity contribution in [3.8, 4) is 11.5 Å². The average Bonchev–Trinajstić information content (AvgIpc) is 3.10. The van der Waals surface area contributed by atoms with Gasteiger partial charge in [-0.2, -0.15) is 0 Å². The van der Waals surface area contributed by atoms with E-state index in [9.17, 15) is 15.2 Å². The summed E-state index contributed by atoms with van der Waals surface area (Å²) in [5, 5.41) is 23.7. The van der Waals surface area contributed by atoms with E-state index in [2.05, 4.69) is 5.32 Å². The fourth-order valence-electron chi connectivity index (χ4n) is 2.25. The number of aromatic hydroxyl groups is 1.